The van der Waals surface area contributed by atoms with Crippen LogP contribution in [0.15, 0.2) is 24.3 Å². The average Bonchev–Trinajstić information content (AvgIpc) is 1.99. The fourth-order valence-electron chi connectivity index (χ4n) is 0.925. The summed E-state index contributed by atoms with van der Waals surface area (Å²) in [5.41, 5.74) is 1.05. The smallest absolute Gasteiger partial charge is 0.0426 e. The number of rotatable bonds is 2. The van der Waals surface area contributed by atoms with Gasteiger partial charge in [-0.2, -0.15) is 0 Å². The zero-order chi connectivity index (χ0) is 8.97. The van der Waals surface area contributed by atoms with Crippen LogP contribution in [0.1, 0.15) is 18.9 Å². The van der Waals surface area contributed by atoms with Crippen molar-refractivity contribution in [2.75, 3.05) is 0 Å². The van der Waals surface area contributed by atoms with Gasteiger partial charge in [-0.25, -0.2) is 0 Å². The molecule has 2 heteroatoms. The summed E-state index contributed by atoms with van der Waals surface area (Å²) in [5.74, 6) is 0. The highest BCUT2D eigenvalue weighted by Gasteiger charge is 1.93. The van der Waals surface area contributed by atoms with E-state index in [0.717, 1.165) is 12.0 Å². The summed E-state index contributed by atoms with van der Waals surface area (Å²) in [7, 11) is 0. The van der Waals surface area contributed by atoms with Crippen LogP contribution in [0.4, 0.5) is 0 Å². The van der Waals surface area contributed by atoms with E-state index in [0.29, 0.717) is 10.0 Å². The Hall–Kier alpha value is -0.460. The molecule has 0 N–H and O–H groups in total. The summed E-state index contributed by atoms with van der Waals surface area (Å²) >= 11 is 11.6. The van der Waals surface area contributed by atoms with Gasteiger partial charge in [0.15, 0.2) is 0 Å². The summed E-state index contributed by atoms with van der Waals surface area (Å²) in [6, 6.07) is 5.51. The van der Waals surface area contributed by atoms with Crippen molar-refractivity contribution in [3.63, 3.8) is 0 Å². The van der Waals surface area contributed by atoms with E-state index in [2.05, 4.69) is 13.0 Å². The molecule has 64 valence electrons. The summed E-state index contributed by atoms with van der Waals surface area (Å²) in [4.78, 5) is 0. The van der Waals surface area contributed by atoms with Crippen LogP contribution < -0.4 is 0 Å². The predicted molar refractivity (Wildman–Crippen MR) is 55.8 cm³/mol. The first kappa shape index (κ1) is 9.63. The number of benzene rings is 1. The quantitative estimate of drug-likeness (QED) is 0.664. The van der Waals surface area contributed by atoms with Crippen LogP contribution in [0.3, 0.4) is 0 Å². The summed E-state index contributed by atoms with van der Waals surface area (Å²) in [6.07, 6.45) is 5.10. The van der Waals surface area contributed by atoms with Gasteiger partial charge in [-0.15, -0.1) is 0 Å². The molecule has 12 heavy (non-hydrogen) atoms. The number of hydrogen-bond donors (Lipinski definition) is 0. The number of allylic oxidation sites excluding steroid dienone is 1. The highest BCUT2D eigenvalue weighted by atomic mass is 35.5. The van der Waals surface area contributed by atoms with E-state index < -0.39 is 0 Å². The molecule has 0 atom stereocenters. The molecule has 1 aromatic rings. The summed E-state index contributed by atoms with van der Waals surface area (Å²) in [5, 5.41) is 1.36. The number of hydrogen-bond acceptors (Lipinski definition) is 0. The van der Waals surface area contributed by atoms with Gasteiger partial charge < -0.3 is 0 Å². The SMILES string of the molecule is CC/C=C/c1cc(Cl)cc(Cl)c1. The highest BCUT2D eigenvalue weighted by molar-refractivity contribution is 6.34. The molecule has 1 rings (SSSR count). The van der Waals surface area contributed by atoms with Crippen LogP contribution in [-0.4, -0.2) is 0 Å². The van der Waals surface area contributed by atoms with Gasteiger partial charge >= 0.3 is 0 Å². The first-order valence-corrected chi connectivity index (χ1v) is 4.60. The molecule has 0 amide bonds. The van der Waals surface area contributed by atoms with E-state index in [1.807, 2.05) is 18.2 Å². The van der Waals surface area contributed by atoms with Crippen molar-refractivity contribution in [1.82, 2.24) is 0 Å². The lowest BCUT2D eigenvalue weighted by molar-refractivity contribution is 1.23. The molecule has 0 radical (unpaired) electrons. The maximum Gasteiger partial charge on any atom is 0.0426 e. The lowest BCUT2D eigenvalue weighted by Crippen LogP contribution is -1.72. The Labute approximate surface area is 82.8 Å². The van der Waals surface area contributed by atoms with Crippen LogP contribution in [0, 0.1) is 0 Å². The molecule has 0 saturated heterocycles. The van der Waals surface area contributed by atoms with Crippen molar-refractivity contribution in [2.24, 2.45) is 0 Å². The molecule has 0 aromatic heterocycles. The van der Waals surface area contributed by atoms with Crippen LogP contribution in [-0.2, 0) is 0 Å². The first-order valence-electron chi connectivity index (χ1n) is 3.85. The minimum absolute atomic E-state index is 0.679. The standard InChI is InChI=1S/C10H10Cl2/c1-2-3-4-8-5-9(11)7-10(12)6-8/h3-7H,2H2,1H3/b4-3+. The normalized spacial score (nSPS) is 10.9. The first-order chi connectivity index (χ1) is 5.72. The van der Waals surface area contributed by atoms with Crippen molar-refractivity contribution in [3.8, 4) is 0 Å². The Kier molecular flexibility index (Phi) is 3.64. The van der Waals surface area contributed by atoms with Gasteiger partial charge in [0.25, 0.3) is 0 Å². The molecule has 1 aromatic carbocycles. The van der Waals surface area contributed by atoms with Crippen molar-refractivity contribution in [1.29, 1.82) is 0 Å². The third-order valence-electron chi connectivity index (χ3n) is 1.43. The molecule has 0 bridgehead atoms. The molecule has 0 saturated carbocycles. The Morgan fingerprint density at radius 2 is 1.75 bits per heavy atom. The fraction of sp³-hybridized carbons (Fsp3) is 0.200. The second-order valence-corrected chi connectivity index (χ2v) is 3.39. The topological polar surface area (TPSA) is 0 Å². The molecule has 0 unspecified atom stereocenters. The van der Waals surface area contributed by atoms with Gasteiger partial charge in [0.2, 0.25) is 0 Å². The van der Waals surface area contributed by atoms with E-state index >= 15 is 0 Å². The Morgan fingerprint density at radius 1 is 1.17 bits per heavy atom. The van der Waals surface area contributed by atoms with Crippen LogP contribution in [0.2, 0.25) is 10.0 Å². The Balaban J connectivity index is 2.93. The maximum atomic E-state index is 5.81. The van der Waals surface area contributed by atoms with Gasteiger partial charge in [-0.3, -0.25) is 0 Å². The third kappa shape index (κ3) is 2.88. The second-order valence-electron chi connectivity index (χ2n) is 2.51. The molecule has 0 heterocycles. The molecule has 0 nitrogen and oxygen atoms in total. The predicted octanol–water partition coefficient (Wildman–Crippen LogP) is 4.42. The molecular formula is C10H10Cl2. The molecule has 0 aliphatic carbocycles. The average molecular weight is 201 g/mol. The maximum absolute atomic E-state index is 5.81. The fourth-order valence-corrected chi connectivity index (χ4v) is 1.47. The monoisotopic (exact) mass is 200 g/mol. The lowest BCUT2D eigenvalue weighted by atomic mass is 10.2. The molecule has 0 aliphatic heterocycles. The largest absolute Gasteiger partial charge is 0.0843 e. The molecule has 0 aliphatic rings. The Morgan fingerprint density at radius 3 is 2.25 bits per heavy atom. The van der Waals surface area contributed by atoms with E-state index in [-0.39, 0.29) is 0 Å². The van der Waals surface area contributed by atoms with Crippen LogP contribution in [0.5, 0.6) is 0 Å². The summed E-state index contributed by atoms with van der Waals surface area (Å²) in [6.45, 7) is 2.09. The molecular weight excluding hydrogens is 191 g/mol. The van der Waals surface area contributed by atoms with Crippen LogP contribution >= 0.6 is 23.2 Å². The van der Waals surface area contributed by atoms with Crippen molar-refractivity contribution >= 4 is 29.3 Å². The van der Waals surface area contributed by atoms with Gasteiger partial charge in [-0.1, -0.05) is 42.3 Å². The third-order valence-corrected chi connectivity index (χ3v) is 1.87. The van der Waals surface area contributed by atoms with E-state index in [4.69, 9.17) is 23.2 Å². The lowest BCUT2D eigenvalue weighted by Gasteiger charge is -1.96. The van der Waals surface area contributed by atoms with E-state index in [1.54, 1.807) is 6.07 Å². The van der Waals surface area contributed by atoms with Crippen LogP contribution in [0.25, 0.3) is 6.08 Å². The minimum Gasteiger partial charge on any atom is -0.0843 e. The van der Waals surface area contributed by atoms with Crippen molar-refractivity contribution < 1.29 is 0 Å². The zero-order valence-corrected chi connectivity index (χ0v) is 8.36. The highest BCUT2D eigenvalue weighted by Crippen LogP contribution is 2.19. The van der Waals surface area contributed by atoms with E-state index in [1.165, 1.54) is 0 Å². The van der Waals surface area contributed by atoms with Crippen molar-refractivity contribution in [2.45, 2.75) is 13.3 Å². The van der Waals surface area contributed by atoms with Gasteiger partial charge in [0.05, 0.1) is 0 Å². The zero-order valence-electron chi connectivity index (χ0n) is 6.85. The number of halogens is 2. The molecule has 0 spiro atoms. The van der Waals surface area contributed by atoms with E-state index in [9.17, 15) is 0 Å². The van der Waals surface area contributed by atoms with Gasteiger partial charge in [-0.05, 0) is 30.2 Å². The minimum atomic E-state index is 0.679. The van der Waals surface area contributed by atoms with Gasteiger partial charge in [0, 0.05) is 10.0 Å². The summed E-state index contributed by atoms with van der Waals surface area (Å²) < 4.78 is 0. The second kappa shape index (κ2) is 4.54. The van der Waals surface area contributed by atoms with Crippen molar-refractivity contribution in [3.05, 3.63) is 39.9 Å². The van der Waals surface area contributed by atoms with Gasteiger partial charge in [0.1, 0.15) is 0 Å². The Bertz CT molecular complexity index is 270. The molecule has 0 fully saturated rings.